The van der Waals surface area contributed by atoms with Crippen LogP contribution in [0.5, 0.6) is 0 Å². The third kappa shape index (κ3) is 8.36. The summed E-state index contributed by atoms with van der Waals surface area (Å²) < 4.78 is 31.0. The summed E-state index contributed by atoms with van der Waals surface area (Å²) in [7, 11) is 0. The van der Waals surface area contributed by atoms with Crippen LogP contribution in [0.15, 0.2) is 30.4 Å². The quantitative estimate of drug-likeness (QED) is 0.627. The molecule has 0 atom stereocenters. The van der Waals surface area contributed by atoms with E-state index >= 15 is 0 Å². The minimum Gasteiger partial charge on any atom is -0.444 e. The summed E-state index contributed by atoms with van der Waals surface area (Å²) in [6.07, 6.45) is 3.11. The predicted octanol–water partition coefficient (Wildman–Crippen LogP) is 3.14. The van der Waals surface area contributed by atoms with Crippen LogP contribution in [0.4, 0.5) is 13.6 Å². The fourth-order valence-corrected chi connectivity index (χ4v) is 1.64. The number of alkyl carbamates (subject to hydrolysis) is 1. The van der Waals surface area contributed by atoms with Crippen molar-refractivity contribution < 1.29 is 18.3 Å². The molecule has 0 aliphatic carbocycles. The molecule has 1 aromatic carbocycles. The van der Waals surface area contributed by atoms with Crippen molar-refractivity contribution in [3.05, 3.63) is 47.5 Å². The van der Waals surface area contributed by atoms with Gasteiger partial charge in [-0.15, -0.1) is 0 Å². The fourth-order valence-electron chi connectivity index (χ4n) is 1.64. The van der Waals surface area contributed by atoms with Gasteiger partial charge in [0.1, 0.15) is 17.2 Å². The van der Waals surface area contributed by atoms with E-state index in [0.29, 0.717) is 25.2 Å². The van der Waals surface area contributed by atoms with Crippen LogP contribution in [0, 0.1) is 11.6 Å². The Hall–Kier alpha value is -1.95. The van der Waals surface area contributed by atoms with Crippen molar-refractivity contribution in [2.75, 3.05) is 13.1 Å². The molecule has 0 heterocycles. The summed E-state index contributed by atoms with van der Waals surface area (Å²) in [5.41, 5.74) is 0.0213. The van der Waals surface area contributed by atoms with E-state index in [1.54, 1.807) is 26.8 Å². The number of ether oxygens (including phenoxy) is 1. The van der Waals surface area contributed by atoms with Gasteiger partial charge in [0.05, 0.1) is 0 Å². The Morgan fingerprint density at radius 1 is 1.14 bits per heavy atom. The van der Waals surface area contributed by atoms with Gasteiger partial charge in [-0.05, 0) is 38.5 Å². The van der Waals surface area contributed by atoms with Gasteiger partial charge in [-0.1, -0.05) is 12.2 Å². The van der Waals surface area contributed by atoms with Crippen molar-refractivity contribution in [3.8, 4) is 0 Å². The normalized spacial score (nSPS) is 11.7. The van der Waals surface area contributed by atoms with E-state index in [9.17, 15) is 13.6 Å². The monoisotopic (exact) mass is 312 g/mol. The van der Waals surface area contributed by atoms with E-state index in [1.807, 2.05) is 6.08 Å². The summed E-state index contributed by atoms with van der Waals surface area (Å²) in [5, 5.41) is 5.61. The standard InChI is InChI=1S/C16H22F2N2O2/c1-16(2,3)22-15(21)20-7-5-4-6-19-11-12-8-13(17)10-14(18)9-12/h4-5,8-10,19H,6-7,11H2,1-3H3,(H,20,21). The van der Waals surface area contributed by atoms with Gasteiger partial charge in [0.25, 0.3) is 0 Å². The van der Waals surface area contributed by atoms with Gasteiger partial charge in [0.2, 0.25) is 0 Å². The number of hydrogen-bond donors (Lipinski definition) is 2. The van der Waals surface area contributed by atoms with Gasteiger partial charge in [-0.3, -0.25) is 0 Å². The maximum absolute atomic E-state index is 13.0. The SMILES string of the molecule is CC(C)(C)OC(=O)NCC=CCNCc1cc(F)cc(F)c1. The Bertz CT molecular complexity index is 505. The highest BCUT2D eigenvalue weighted by Crippen LogP contribution is 2.07. The zero-order chi connectivity index (χ0) is 16.6. The minimum absolute atomic E-state index is 0.352. The number of halogens is 2. The maximum Gasteiger partial charge on any atom is 0.407 e. The van der Waals surface area contributed by atoms with E-state index in [1.165, 1.54) is 12.1 Å². The largest absolute Gasteiger partial charge is 0.444 e. The Balaban J connectivity index is 2.18. The Labute approximate surface area is 129 Å². The Morgan fingerprint density at radius 2 is 1.73 bits per heavy atom. The molecule has 0 saturated heterocycles. The fraction of sp³-hybridized carbons (Fsp3) is 0.438. The number of carbonyl (C=O) groups excluding carboxylic acids is 1. The molecule has 4 nitrogen and oxygen atoms in total. The molecule has 6 heteroatoms. The molecule has 0 saturated carbocycles. The molecule has 2 N–H and O–H groups in total. The van der Waals surface area contributed by atoms with Gasteiger partial charge >= 0.3 is 6.09 Å². The van der Waals surface area contributed by atoms with Crippen LogP contribution >= 0.6 is 0 Å². The van der Waals surface area contributed by atoms with Gasteiger partial charge in [0.15, 0.2) is 0 Å². The highest BCUT2D eigenvalue weighted by Gasteiger charge is 2.14. The number of amides is 1. The first-order chi connectivity index (χ1) is 10.3. The maximum atomic E-state index is 13.0. The molecular weight excluding hydrogens is 290 g/mol. The van der Waals surface area contributed by atoms with Crippen LogP contribution in [0.3, 0.4) is 0 Å². The lowest BCUT2D eigenvalue weighted by molar-refractivity contribution is 0.0534. The summed E-state index contributed by atoms with van der Waals surface area (Å²) in [6.45, 7) is 6.61. The number of benzene rings is 1. The lowest BCUT2D eigenvalue weighted by atomic mass is 10.2. The average Bonchev–Trinajstić information content (AvgIpc) is 2.34. The third-order valence-corrected chi connectivity index (χ3v) is 2.44. The van der Waals surface area contributed by atoms with E-state index < -0.39 is 23.3 Å². The second-order valence-electron chi connectivity index (χ2n) is 5.76. The van der Waals surface area contributed by atoms with Gasteiger partial charge < -0.3 is 15.4 Å². The Kier molecular flexibility index (Phi) is 6.98. The molecule has 1 amide bonds. The van der Waals surface area contributed by atoms with Crippen LogP contribution in [-0.2, 0) is 11.3 Å². The first kappa shape index (κ1) is 18.1. The van der Waals surface area contributed by atoms with E-state index in [2.05, 4.69) is 10.6 Å². The highest BCUT2D eigenvalue weighted by atomic mass is 19.1. The summed E-state index contributed by atoms with van der Waals surface area (Å²) in [4.78, 5) is 11.3. The van der Waals surface area contributed by atoms with Gasteiger partial charge in [0, 0.05) is 25.7 Å². The number of carbonyl (C=O) groups is 1. The van der Waals surface area contributed by atoms with Crippen LogP contribution in [0.1, 0.15) is 26.3 Å². The second kappa shape index (κ2) is 8.48. The van der Waals surface area contributed by atoms with Crippen molar-refractivity contribution in [1.82, 2.24) is 10.6 Å². The molecule has 0 fully saturated rings. The molecule has 122 valence electrons. The molecule has 0 aliphatic heterocycles. The van der Waals surface area contributed by atoms with E-state index in [4.69, 9.17) is 4.74 Å². The summed E-state index contributed by atoms with van der Waals surface area (Å²) in [6, 6.07) is 3.40. The molecule has 22 heavy (non-hydrogen) atoms. The van der Waals surface area contributed by atoms with Crippen molar-refractivity contribution >= 4 is 6.09 Å². The molecular formula is C16H22F2N2O2. The van der Waals surface area contributed by atoms with E-state index in [-0.39, 0.29) is 0 Å². The average molecular weight is 312 g/mol. The molecule has 0 bridgehead atoms. The number of nitrogens with one attached hydrogen (secondary N) is 2. The summed E-state index contributed by atoms with van der Waals surface area (Å²) in [5.74, 6) is -1.18. The smallest absolute Gasteiger partial charge is 0.407 e. The minimum atomic E-state index is -0.589. The zero-order valence-corrected chi connectivity index (χ0v) is 13.1. The van der Waals surface area contributed by atoms with Gasteiger partial charge in [-0.25, -0.2) is 13.6 Å². The van der Waals surface area contributed by atoms with E-state index in [0.717, 1.165) is 6.07 Å². The molecule has 1 aromatic rings. The Morgan fingerprint density at radius 3 is 2.32 bits per heavy atom. The van der Waals surface area contributed by atoms with Crippen LogP contribution < -0.4 is 10.6 Å². The first-order valence-corrected chi connectivity index (χ1v) is 7.04. The van der Waals surface area contributed by atoms with Crippen LogP contribution in [0.2, 0.25) is 0 Å². The highest BCUT2D eigenvalue weighted by molar-refractivity contribution is 5.67. The zero-order valence-electron chi connectivity index (χ0n) is 13.1. The molecule has 0 unspecified atom stereocenters. The van der Waals surface area contributed by atoms with Crippen molar-refractivity contribution in [2.24, 2.45) is 0 Å². The number of hydrogen-bond acceptors (Lipinski definition) is 3. The molecule has 0 aliphatic rings. The van der Waals surface area contributed by atoms with Gasteiger partial charge in [-0.2, -0.15) is 0 Å². The predicted molar refractivity (Wildman–Crippen MR) is 81.4 cm³/mol. The molecule has 1 rings (SSSR count). The second-order valence-corrected chi connectivity index (χ2v) is 5.76. The lowest BCUT2D eigenvalue weighted by Crippen LogP contribution is -2.32. The third-order valence-electron chi connectivity index (χ3n) is 2.44. The van der Waals surface area contributed by atoms with Crippen LogP contribution in [0.25, 0.3) is 0 Å². The van der Waals surface area contributed by atoms with Crippen molar-refractivity contribution in [2.45, 2.75) is 32.9 Å². The summed E-state index contributed by atoms with van der Waals surface area (Å²) >= 11 is 0. The molecule has 0 spiro atoms. The van der Waals surface area contributed by atoms with Crippen LogP contribution in [-0.4, -0.2) is 24.8 Å². The van der Waals surface area contributed by atoms with Crippen molar-refractivity contribution in [1.29, 1.82) is 0 Å². The molecule has 0 aromatic heterocycles. The molecule has 0 radical (unpaired) electrons. The first-order valence-electron chi connectivity index (χ1n) is 7.04. The van der Waals surface area contributed by atoms with Crippen molar-refractivity contribution in [3.63, 3.8) is 0 Å². The lowest BCUT2D eigenvalue weighted by Gasteiger charge is -2.19. The topological polar surface area (TPSA) is 50.4 Å². The number of rotatable bonds is 6.